The topological polar surface area (TPSA) is 89.3 Å². The van der Waals surface area contributed by atoms with Crippen molar-refractivity contribution in [2.75, 3.05) is 5.32 Å². The van der Waals surface area contributed by atoms with Crippen molar-refractivity contribution in [3.05, 3.63) is 78.5 Å². The van der Waals surface area contributed by atoms with E-state index >= 15 is 0 Å². The van der Waals surface area contributed by atoms with Crippen LogP contribution >= 0.6 is 0 Å². The van der Waals surface area contributed by atoms with Crippen LogP contribution in [0.3, 0.4) is 0 Å². The maximum Gasteiger partial charge on any atom is 0.291 e. The average molecular weight is 342 g/mol. The zero-order chi connectivity index (χ0) is 17.0. The molecule has 2 heterocycles. The Labute approximate surface area is 139 Å². The van der Waals surface area contributed by atoms with Gasteiger partial charge in [0.05, 0.1) is 16.9 Å². The predicted molar refractivity (Wildman–Crippen MR) is 88.2 cm³/mol. The van der Waals surface area contributed by atoms with Gasteiger partial charge in [-0.2, -0.15) is 0 Å². The lowest BCUT2D eigenvalue weighted by Crippen LogP contribution is -2.14. The second-order valence-corrected chi connectivity index (χ2v) is 7.03. The molecule has 2 aromatic heterocycles. The number of sulfone groups is 1. The highest BCUT2D eigenvalue weighted by Crippen LogP contribution is 2.20. The number of hydrogen-bond donors (Lipinski definition) is 1. The van der Waals surface area contributed by atoms with Crippen LogP contribution in [-0.4, -0.2) is 19.3 Å². The normalized spacial score (nSPS) is 11.2. The zero-order valence-electron chi connectivity index (χ0n) is 12.5. The average Bonchev–Trinajstić information content (AvgIpc) is 3.04. The Hall–Kier alpha value is -2.93. The van der Waals surface area contributed by atoms with Gasteiger partial charge in [0.1, 0.15) is 0 Å². The first-order valence-electron chi connectivity index (χ1n) is 7.12. The summed E-state index contributed by atoms with van der Waals surface area (Å²) in [7, 11) is -3.56. The number of hydrogen-bond acceptors (Lipinski definition) is 5. The van der Waals surface area contributed by atoms with Gasteiger partial charge in [-0.25, -0.2) is 8.42 Å². The van der Waals surface area contributed by atoms with Crippen molar-refractivity contribution in [1.29, 1.82) is 0 Å². The van der Waals surface area contributed by atoms with Crippen LogP contribution in [0.25, 0.3) is 0 Å². The molecule has 3 rings (SSSR count). The van der Waals surface area contributed by atoms with Crippen molar-refractivity contribution >= 4 is 21.4 Å². The monoisotopic (exact) mass is 342 g/mol. The number of nitrogens with one attached hydrogen (secondary N) is 1. The molecule has 3 aromatic rings. The Kier molecular flexibility index (Phi) is 4.43. The third-order valence-corrected chi connectivity index (χ3v) is 5.02. The fourth-order valence-electron chi connectivity index (χ4n) is 2.19. The van der Waals surface area contributed by atoms with Gasteiger partial charge in [-0.3, -0.25) is 9.78 Å². The first-order chi connectivity index (χ1) is 11.6. The summed E-state index contributed by atoms with van der Waals surface area (Å²) >= 11 is 0. The molecule has 122 valence electrons. The lowest BCUT2D eigenvalue weighted by atomic mass is 10.2. The molecule has 0 aliphatic rings. The van der Waals surface area contributed by atoms with Gasteiger partial charge in [-0.05, 0) is 30.3 Å². The highest BCUT2D eigenvalue weighted by Gasteiger charge is 2.22. The molecule has 0 atom stereocenters. The largest absolute Gasteiger partial charge is 0.459 e. The van der Waals surface area contributed by atoms with Gasteiger partial charge in [-0.15, -0.1) is 0 Å². The SMILES string of the molecule is O=C(Nc1ccncc1)c1occc1CS(=O)(=O)c1ccccc1. The summed E-state index contributed by atoms with van der Waals surface area (Å²) in [4.78, 5) is 16.4. The van der Waals surface area contributed by atoms with E-state index in [-0.39, 0.29) is 16.4 Å². The van der Waals surface area contributed by atoms with E-state index in [0.717, 1.165) is 0 Å². The molecule has 24 heavy (non-hydrogen) atoms. The van der Waals surface area contributed by atoms with E-state index in [2.05, 4.69) is 10.3 Å². The van der Waals surface area contributed by atoms with Crippen LogP contribution in [0.5, 0.6) is 0 Å². The molecule has 7 heteroatoms. The van der Waals surface area contributed by atoms with Crippen molar-refractivity contribution in [3.8, 4) is 0 Å². The van der Waals surface area contributed by atoms with Gasteiger partial charge in [0, 0.05) is 23.6 Å². The first-order valence-corrected chi connectivity index (χ1v) is 8.77. The zero-order valence-corrected chi connectivity index (χ0v) is 13.4. The number of carbonyl (C=O) groups excluding carboxylic acids is 1. The Balaban J connectivity index is 1.82. The van der Waals surface area contributed by atoms with Gasteiger partial charge in [0.25, 0.3) is 5.91 Å². The Bertz CT molecular complexity index is 935. The summed E-state index contributed by atoms with van der Waals surface area (Å²) in [6, 6.07) is 12.8. The highest BCUT2D eigenvalue weighted by molar-refractivity contribution is 7.90. The molecular weight excluding hydrogens is 328 g/mol. The van der Waals surface area contributed by atoms with E-state index in [1.165, 1.54) is 24.5 Å². The summed E-state index contributed by atoms with van der Waals surface area (Å²) in [6.07, 6.45) is 4.38. The maximum absolute atomic E-state index is 12.5. The van der Waals surface area contributed by atoms with E-state index in [9.17, 15) is 13.2 Å². The summed E-state index contributed by atoms with van der Waals surface area (Å²) < 4.78 is 30.1. The summed E-state index contributed by atoms with van der Waals surface area (Å²) in [6.45, 7) is 0. The molecule has 0 saturated heterocycles. The van der Waals surface area contributed by atoms with Crippen LogP contribution in [0.15, 0.2) is 76.5 Å². The van der Waals surface area contributed by atoms with Gasteiger partial charge in [0.15, 0.2) is 15.6 Å². The molecular formula is C17H14N2O4S. The Morgan fingerprint density at radius 1 is 1.04 bits per heavy atom. The minimum atomic E-state index is -3.56. The number of furan rings is 1. The molecule has 0 aliphatic heterocycles. The minimum absolute atomic E-state index is 0.0219. The Morgan fingerprint density at radius 2 is 1.75 bits per heavy atom. The minimum Gasteiger partial charge on any atom is -0.459 e. The van der Waals surface area contributed by atoms with E-state index in [1.54, 1.807) is 42.7 Å². The number of nitrogens with zero attached hydrogens (tertiary/aromatic N) is 1. The third-order valence-electron chi connectivity index (χ3n) is 3.34. The van der Waals surface area contributed by atoms with Crippen LogP contribution in [-0.2, 0) is 15.6 Å². The van der Waals surface area contributed by atoms with Gasteiger partial charge < -0.3 is 9.73 Å². The van der Waals surface area contributed by atoms with Crippen molar-refractivity contribution in [2.24, 2.45) is 0 Å². The van der Waals surface area contributed by atoms with E-state index in [0.29, 0.717) is 11.3 Å². The van der Waals surface area contributed by atoms with Gasteiger partial charge in [-0.1, -0.05) is 18.2 Å². The van der Waals surface area contributed by atoms with Gasteiger partial charge in [0.2, 0.25) is 0 Å². The lowest BCUT2D eigenvalue weighted by molar-refractivity contribution is 0.0996. The first kappa shape index (κ1) is 15.9. The highest BCUT2D eigenvalue weighted by atomic mass is 32.2. The number of anilines is 1. The number of amides is 1. The van der Waals surface area contributed by atoms with Crippen molar-refractivity contribution in [1.82, 2.24) is 4.98 Å². The van der Waals surface area contributed by atoms with Crippen LogP contribution in [0.2, 0.25) is 0 Å². The third kappa shape index (κ3) is 3.52. The number of carbonyl (C=O) groups is 1. The molecule has 1 N–H and O–H groups in total. The second kappa shape index (κ2) is 6.67. The lowest BCUT2D eigenvalue weighted by Gasteiger charge is -2.06. The van der Waals surface area contributed by atoms with Gasteiger partial charge >= 0.3 is 0 Å². The van der Waals surface area contributed by atoms with Crippen LogP contribution in [0.4, 0.5) is 5.69 Å². The molecule has 0 bridgehead atoms. The number of benzene rings is 1. The van der Waals surface area contributed by atoms with Crippen molar-refractivity contribution in [2.45, 2.75) is 10.6 Å². The maximum atomic E-state index is 12.5. The number of aromatic nitrogens is 1. The molecule has 0 radical (unpaired) electrons. The second-order valence-electron chi connectivity index (χ2n) is 5.04. The molecule has 1 amide bonds. The standard InChI is InChI=1S/C17H14N2O4S/c20-17(19-14-6-9-18-10-7-14)16-13(8-11-23-16)12-24(21,22)15-4-2-1-3-5-15/h1-11H,12H2,(H,18,19,20). The molecule has 0 aliphatic carbocycles. The molecule has 6 nitrogen and oxygen atoms in total. The van der Waals surface area contributed by atoms with E-state index in [4.69, 9.17) is 4.42 Å². The molecule has 0 fully saturated rings. The van der Waals surface area contributed by atoms with Crippen LogP contribution < -0.4 is 5.32 Å². The quantitative estimate of drug-likeness (QED) is 0.770. The van der Waals surface area contributed by atoms with E-state index in [1.807, 2.05) is 0 Å². The van der Waals surface area contributed by atoms with Crippen LogP contribution in [0, 0.1) is 0 Å². The Morgan fingerprint density at radius 3 is 2.46 bits per heavy atom. The summed E-state index contributed by atoms with van der Waals surface area (Å²) in [5, 5.41) is 2.64. The van der Waals surface area contributed by atoms with E-state index < -0.39 is 15.7 Å². The molecule has 0 spiro atoms. The predicted octanol–water partition coefficient (Wildman–Crippen LogP) is 2.90. The fourth-order valence-corrected chi connectivity index (χ4v) is 3.56. The summed E-state index contributed by atoms with van der Waals surface area (Å²) in [5.41, 5.74) is 0.855. The van der Waals surface area contributed by atoms with Crippen LogP contribution in [0.1, 0.15) is 16.1 Å². The number of pyridine rings is 1. The molecule has 1 aromatic carbocycles. The smallest absolute Gasteiger partial charge is 0.291 e. The molecule has 0 unspecified atom stereocenters. The van der Waals surface area contributed by atoms with Crippen molar-refractivity contribution < 1.29 is 17.6 Å². The fraction of sp³-hybridized carbons (Fsp3) is 0.0588. The van der Waals surface area contributed by atoms with Crippen molar-refractivity contribution in [3.63, 3.8) is 0 Å². The number of rotatable bonds is 5. The summed E-state index contributed by atoms with van der Waals surface area (Å²) in [5.74, 6) is -0.845. The molecule has 0 saturated carbocycles.